The second-order valence-electron chi connectivity index (χ2n) is 7.98. The molecule has 4 rings (SSSR count). The van der Waals surface area contributed by atoms with Crippen molar-refractivity contribution in [1.82, 2.24) is 19.7 Å². The number of allylic oxidation sites excluding steroid dienone is 2. The van der Waals surface area contributed by atoms with E-state index >= 15 is 0 Å². The van der Waals surface area contributed by atoms with Gasteiger partial charge in [0.25, 0.3) is 0 Å². The zero-order valence-electron chi connectivity index (χ0n) is 18.7. The van der Waals surface area contributed by atoms with Crippen molar-refractivity contribution in [2.45, 2.75) is 25.2 Å². The van der Waals surface area contributed by atoms with Crippen molar-refractivity contribution in [3.8, 4) is 5.88 Å². The number of nitrogens with zero attached hydrogens (tertiary/aromatic N) is 5. The molecule has 9 heteroatoms. The summed E-state index contributed by atoms with van der Waals surface area (Å²) in [5, 5.41) is 0. The molecule has 0 aliphatic carbocycles. The van der Waals surface area contributed by atoms with Gasteiger partial charge in [0.15, 0.2) is 0 Å². The number of carbonyl (C=O) groups is 1. The Kier molecular flexibility index (Phi) is 6.82. The van der Waals surface area contributed by atoms with Crippen LogP contribution in [0.2, 0.25) is 12.6 Å². The quantitative estimate of drug-likeness (QED) is 0.679. The Labute approximate surface area is 190 Å². The van der Waals surface area contributed by atoms with Crippen molar-refractivity contribution in [1.29, 1.82) is 0 Å². The Bertz CT molecular complexity index is 947. The first-order valence-corrected chi connectivity index (χ1v) is 11.0. The summed E-state index contributed by atoms with van der Waals surface area (Å²) in [5.41, 5.74) is 1.68. The first kappa shape index (κ1) is 22.0. The molecule has 2 saturated heterocycles. The third-order valence-electron chi connectivity index (χ3n) is 5.95. The Balaban J connectivity index is 1.49. The minimum Gasteiger partial charge on any atom is -0.481 e. The van der Waals surface area contributed by atoms with Gasteiger partial charge in [-0.25, -0.2) is 14.8 Å². The molecule has 1 atom stereocenters. The van der Waals surface area contributed by atoms with E-state index in [1.54, 1.807) is 24.3 Å². The second-order valence-corrected chi connectivity index (χ2v) is 7.98. The summed E-state index contributed by atoms with van der Waals surface area (Å²) in [4.78, 5) is 27.6. The molecule has 0 aromatic carbocycles. The highest BCUT2D eigenvalue weighted by Crippen LogP contribution is 2.30. The van der Waals surface area contributed by atoms with Gasteiger partial charge in [-0.2, -0.15) is 0 Å². The fraction of sp³-hybridized carbons (Fsp3) is 0.435. The number of pyridine rings is 1. The third kappa shape index (κ3) is 4.66. The Morgan fingerprint density at radius 3 is 2.81 bits per heavy atom. The summed E-state index contributed by atoms with van der Waals surface area (Å²) < 4.78 is 11.1. The zero-order chi connectivity index (χ0) is 22.5. The Morgan fingerprint density at radius 2 is 2.12 bits per heavy atom. The minimum absolute atomic E-state index is 0.0382. The molecule has 0 spiro atoms. The predicted molar refractivity (Wildman–Crippen MR) is 126 cm³/mol. The van der Waals surface area contributed by atoms with Crippen LogP contribution in [0.15, 0.2) is 54.1 Å². The summed E-state index contributed by atoms with van der Waals surface area (Å²) in [6.45, 7) is 6.62. The topological polar surface area (TPSA) is 70.5 Å². The second kappa shape index (κ2) is 9.93. The van der Waals surface area contributed by atoms with Crippen molar-refractivity contribution in [3.05, 3.63) is 54.6 Å². The summed E-state index contributed by atoms with van der Waals surface area (Å²) in [7, 11) is 5.74. The Morgan fingerprint density at radius 1 is 1.31 bits per heavy atom. The number of piperazine rings is 1. The van der Waals surface area contributed by atoms with Gasteiger partial charge in [0, 0.05) is 56.8 Å². The molecular formula is C23H29BN5O3. The molecule has 3 aliphatic heterocycles. The van der Waals surface area contributed by atoms with Crippen LogP contribution in [0.25, 0.3) is 5.57 Å². The van der Waals surface area contributed by atoms with Gasteiger partial charge in [-0.1, -0.05) is 19.0 Å². The minimum atomic E-state index is -0.205. The number of methoxy groups -OCH3 is 1. The van der Waals surface area contributed by atoms with Gasteiger partial charge in [0.2, 0.25) is 5.88 Å². The number of amidine groups is 1. The first-order chi connectivity index (χ1) is 15.6. The summed E-state index contributed by atoms with van der Waals surface area (Å²) in [6.07, 6.45) is 10.1. The molecule has 8 nitrogen and oxygen atoms in total. The normalized spacial score (nSPS) is 22.2. The lowest BCUT2D eigenvalue weighted by Crippen LogP contribution is -2.51. The lowest BCUT2D eigenvalue weighted by atomic mass is 9.77. The number of amides is 1. The average molecular weight is 434 g/mol. The molecule has 4 heterocycles. The van der Waals surface area contributed by atoms with Crippen molar-refractivity contribution in [2.75, 3.05) is 40.3 Å². The molecule has 1 aromatic rings. The van der Waals surface area contributed by atoms with E-state index in [9.17, 15) is 4.79 Å². The lowest BCUT2D eigenvalue weighted by molar-refractivity contribution is 0.0609. The number of carbonyl (C=O) groups excluding carboxylic acids is 1. The Hall–Kier alpha value is -3.23. The van der Waals surface area contributed by atoms with Gasteiger partial charge in [-0.3, -0.25) is 0 Å². The van der Waals surface area contributed by atoms with E-state index in [1.165, 1.54) is 0 Å². The molecule has 1 radical (unpaired) electrons. The van der Waals surface area contributed by atoms with E-state index in [2.05, 4.69) is 23.7 Å². The van der Waals surface area contributed by atoms with Crippen molar-refractivity contribution in [3.63, 3.8) is 0 Å². The maximum Gasteiger partial charge on any atom is 0.410 e. The first-order valence-electron chi connectivity index (χ1n) is 11.0. The van der Waals surface area contributed by atoms with E-state index < -0.39 is 0 Å². The molecule has 2 fully saturated rings. The average Bonchev–Trinajstić information content (AvgIpc) is 3.34. The van der Waals surface area contributed by atoms with E-state index in [-0.39, 0.29) is 12.2 Å². The molecule has 0 saturated carbocycles. The fourth-order valence-corrected chi connectivity index (χ4v) is 4.15. The molecular weight excluding hydrogens is 405 g/mol. The van der Waals surface area contributed by atoms with E-state index in [1.807, 2.05) is 36.4 Å². The van der Waals surface area contributed by atoms with Crippen molar-refractivity contribution in [2.24, 2.45) is 4.99 Å². The van der Waals surface area contributed by atoms with Gasteiger partial charge < -0.3 is 24.2 Å². The van der Waals surface area contributed by atoms with E-state index in [0.29, 0.717) is 32.1 Å². The van der Waals surface area contributed by atoms with Gasteiger partial charge in [0.1, 0.15) is 18.9 Å². The van der Waals surface area contributed by atoms with Crippen LogP contribution in [0.5, 0.6) is 5.88 Å². The smallest absolute Gasteiger partial charge is 0.410 e. The van der Waals surface area contributed by atoms with E-state index in [0.717, 1.165) is 41.9 Å². The maximum absolute atomic E-state index is 12.5. The molecule has 0 bridgehead atoms. The molecule has 3 aliphatic rings. The van der Waals surface area contributed by atoms with Gasteiger partial charge in [0.05, 0.1) is 13.2 Å². The number of aromatic nitrogens is 1. The molecule has 1 unspecified atom stereocenters. The van der Waals surface area contributed by atoms with Crippen molar-refractivity contribution >= 4 is 24.8 Å². The number of aliphatic imine (C=N–C) groups is 1. The fourth-order valence-electron chi connectivity index (χ4n) is 4.15. The monoisotopic (exact) mass is 434 g/mol. The van der Waals surface area contributed by atoms with Gasteiger partial charge in [-0.05, 0) is 30.9 Å². The molecule has 0 N–H and O–H groups in total. The summed E-state index contributed by atoms with van der Waals surface area (Å²) >= 11 is 0. The highest BCUT2D eigenvalue weighted by molar-refractivity contribution is 6.36. The van der Waals surface area contributed by atoms with Crippen LogP contribution in [0.4, 0.5) is 4.79 Å². The third-order valence-corrected chi connectivity index (χ3v) is 5.95. The van der Waals surface area contributed by atoms with E-state index in [4.69, 9.17) is 14.5 Å². The zero-order valence-corrected chi connectivity index (χ0v) is 18.7. The highest BCUT2D eigenvalue weighted by atomic mass is 16.6. The van der Waals surface area contributed by atoms with Crippen LogP contribution < -0.4 is 4.74 Å². The summed E-state index contributed by atoms with van der Waals surface area (Å²) in [6, 6.07) is 3.82. The lowest BCUT2D eigenvalue weighted by Gasteiger charge is -2.37. The molecule has 167 valence electrons. The number of hydrogen-bond donors (Lipinski definition) is 0. The van der Waals surface area contributed by atoms with Crippen LogP contribution in [-0.4, -0.2) is 85.3 Å². The van der Waals surface area contributed by atoms with Crippen molar-refractivity contribution < 1.29 is 14.3 Å². The van der Waals surface area contributed by atoms with Crippen LogP contribution in [0.3, 0.4) is 0 Å². The van der Waals surface area contributed by atoms with Gasteiger partial charge in [-0.15, -0.1) is 0 Å². The molecule has 1 amide bonds. The summed E-state index contributed by atoms with van der Waals surface area (Å²) in [5.74, 6) is 2.16. The van der Waals surface area contributed by atoms with Crippen LogP contribution >= 0.6 is 0 Å². The highest BCUT2D eigenvalue weighted by Gasteiger charge is 2.28. The number of hydrogen-bond acceptors (Lipinski definition) is 7. The standard InChI is InChI=1S/C23H29BN5O3/c1-4-18(19-6-5-10-25-22(19)31-3)21-26-20(8-11-27(21)2)28-12-14-29(15-13-28)23(30)32-17-7-9-24-16-17/h4-6,8,10-11,17H,1,7,9,12-16H2,2-3H3/b21-18+. The van der Waals surface area contributed by atoms with Crippen LogP contribution in [-0.2, 0) is 4.74 Å². The number of ether oxygens (including phenoxy) is 2. The van der Waals surface area contributed by atoms with Crippen LogP contribution in [0, 0.1) is 0 Å². The predicted octanol–water partition coefficient (Wildman–Crippen LogP) is 2.87. The maximum atomic E-state index is 12.5. The largest absolute Gasteiger partial charge is 0.481 e. The molecule has 32 heavy (non-hydrogen) atoms. The number of rotatable bonds is 4. The SMILES string of the molecule is C=C/C(=C1/N=C(N2CCN(C(=O)OC3C[B]CC3)CC2)C=CN1C)c1cccnc1OC. The van der Waals surface area contributed by atoms with Gasteiger partial charge >= 0.3 is 6.09 Å². The van der Waals surface area contributed by atoms with Crippen LogP contribution in [0.1, 0.15) is 12.0 Å². The molecule has 1 aromatic heterocycles.